The fourth-order valence-electron chi connectivity index (χ4n) is 1.12. The van der Waals surface area contributed by atoms with Crippen molar-refractivity contribution in [2.45, 2.75) is 32.8 Å². The average molecular weight is 154 g/mol. The summed E-state index contributed by atoms with van der Waals surface area (Å²) in [5.74, 6) is 0.875. The number of hydrogen-bond donors (Lipinski definition) is 1. The van der Waals surface area contributed by atoms with Crippen molar-refractivity contribution in [1.29, 1.82) is 0 Å². The van der Waals surface area contributed by atoms with E-state index in [0.717, 1.165) is 11.3 Å². The normalized spacial score (nSPS) is 12.0. The first-order valence-electron chi connectivity index (χ1n) is 3.73. The molecule has 2 nitrogen and oxygen atoms in total. The van der Waals surface area contributed by atoms with E-state index in [-0.39, 0.29) is 12.0 Å². The van der Waals surface area contributed by atoms with Crippen LogP contribution >= 0.6 is 0 Å². The lowest BCUT2D eigenvalue weighted by molar-refractivity contribution is 0.273. The molecule has 0 atom stereocenters. The summed E-state index contributed by atoms with van der Waals surface area (Å²) in [6, 6.07) is 1.81. The lowest BCUT2D eigenvalue weighted by Gasteiger charge is -2.16. The first-order valence-corrected chi connectivity index (χ1v) is 3.73. The van der Waals surface area contributed by atoms with E-state index in [4.69, 9.17) is 9.52 Å². The van der Waals surface area contributed by atoms with Crippen LogP contribution in [0, 0.1) is 0 Å². The molecule has 62 valence electrons. The maximum Gasteiger partial charge on any atom is 0.114 e. The van der Waals surface area contributed by atoms with Crippen molar-refractivity contribution >= 4 is 0 Å². The number of aliphatic hydroxyl groups is 1. The van der Waals surface area contributed by atoms with E-state index in [9.17, 15) is 0 Å². The summed E-state index contributed by atoms with van der Waals surface area (Å²) < 4.78 is 5.26. The number of rotatable bonds is 1. The molecule has 0 unspecified atom stereocenters. The second kappa shape index (κ2) is 2.70. The Morgan fingerprint density at radius 3 is 2.45 bits per heavy atom. The van der Waals surface area contributed by atoms with E-state index >= 15 is 0 Å². The maximum atomic E-state index is 8.91. The highest BCUT2D eigenvalue weighted by Crippen LogP contribution is 2.26. The summed E-state index contributed by atoms with van der Waals surface area (Å²) in [5.41, 5.74) is 0.874. The van der Waals surface area contributed by atoms with Gasteiger partial charge in [0, 0.05) is 11.0 Å². The van der Waals surface area contributed by atoms with Gasteiger partial charge in [0.25, 0.3) is 0 Å². The summed E-state index contributed by atoms with van der Waals surface area (Å²) in [4.78, 5) is 0. The Balaban J connectivity index is 3.02. The summed E-state index contributed by atoms with van der Waals surface area (Å²) in [6.45, 7) is 6.24. The minimum Gasteiger partial charge on any atom is -0.468 e. The first-order chi connectivity index (χ1) is 5.05. The fourth-order valence-corrected chi connectivity index (χ4v) is 1.12. The zero-order valence-corrected chi connectivity index (χ0v) is 7.22. The van der Waals surface area contributed by atoms with Crippen LogP contribution in [0.25, 0.3) is 0 Å². The second-order valence-electron chi connectivity index (χ2n) is 3.68. The molecule has 0 aromatic carbocycles. The van der Waals surface area contributed by atoms with Gasteiger partial charge in [-0.3, -0.25) is 0 Å². The highest BCUT2D eigenvalue weighted by Gasteiger charge is 2.20. The van der Waals surface area contributed by atoms with E-state index in [2.05, 4.69) is 20.8 Å². The Bertz CT molecular complexity index is 230. The largest absolute Gasteiger partial charge is 0.468 e. The van der Waals surface area contributed by atoms with Crippen molar-refractivity contribution in [2.75, 3.05) is 0 Å². The molecule has 0 saturated carbocycles. The Labute approximate surface area is 66.8 Å². The molecule has 1 aromatic heterocycles. The molecule has 0 fully saturated rings. The van der Waals surface area contributed by atoms with Gasteiger partial charge in [0.05, 0.1) is 12.9 Å². The molecule has 0 saturated heterocycles. The van der Waals surface area contributed by atoms with E-state index < -0.39 is 0 Å². The highest BCUT2D eigenvalue weighted by molar-refractivity contribution is 5.22. The SMILES string of the molecule is CC(C)(C)c1occc1CO. The quantitative estimate of drug-likeness (QED) is 0.671. The summed E-state index contributed by atoms with van der Waals surface area (Å²) in [7, 11) is 0. The van der Waals surface area contributed by atoms with Crippen LogP contribution in [0.1, 0.15) is 32.1 Å². The lowest BCUT2D eigenvalue weighted by Crippen LogP contribution is -2.12. The average Bonchev–Trinajstić information content (AvgIpc) is 2.31. The molecule has 0 amide bonds. The second-order valence-corrected chi connectivity index (χ2v) is 3.68. The molecule has 1 heterocycles. The van der Waals surface area contributed by atoms with Crippen molar-refractivity contribution in [3.05, 3.63) is 23.7 Å². The van der Waals surface area contributed by atoms with Crippen LogP contribution in [-0.2, 0) is 12.0 Å². The van der Waals surface area contributed by atoms with E-state index in [1.807, 2.05) is 0 Å². The van der Waals surface area contributed by atoms with E-state index in [1.165, 1.54) is 0 Å². The number of aliphatic hydroxyl groups excluding tert-OH is 1. The Morgan fingerprint density at radius 1 is 1.45 bits per heavy atom. The Hall–Kier alpha value is -0.760. The van der Waals surface area contributed by atoms with Crippen LogP contribution in [0.5, 0.6) is 0 Å². The van der Waals surface area contributed by atoms with Crippen LogP contribution in [0.2, 0.25) is 0 Å². The van der Waals surface area contributed by atoms with Crippen molar-refractivity contribution in [1.82, 2.24) is 0 Å². The minimum atomic E-state index is -0.0123. The van der Waals surface area contributed by atoms with Gasteiger partial charge in [-0.25, -0.2) is 0 Å². The molecule has 1 N–H and O–H groups in total. The fraction of sp³-hybridized carbons (Fsp3) is 0.556. The zero-order valence-electron chi connectivity index (χ0n) is 7.22. The predicted octanol–water partition coefficient (Wildman–Crippen LogP) is 2.07. The molecule has 0 spiro atoms. The van der Waals surface area contributed by atoms with Crippen LogP contribution in [0.15, 0.2) is 16.7 Å². The molecule has 2 heteroatoms. The molecule has 1 aromatic rings. The van der Waals surface area contributed by atoms with Crippen molar-refractivity contribution in [2.24, 2.45) is 0 Å². The van der Waals surface area contributed by atoms with Gasteiger partial charge in [0.1, 0.15) is 5.76 Å². The van der Waals surface area contributed by atoms with Gasteiger partial charge in [0.2, 0.25) is 0 Å². The van der Waals surface area contributed by atoms with Crippen molar-refractivity contribution < 1.29 is 9.52 Å². The van der Waals surface area contributed by atoms with Gasteiger partial charge in [0.15, 0.2) is 0 Å². The molecule has 0 aliphatic rings. The third-order valence-electron chi connectivity index (χ3n) is 1.60. The molecule has 0 radical (unpaired) electrons. The smallest absolute Gasteiger partial charge is 0.114 e. The Morgan fingerprint density at radius 2 is 2.09 bits per heavy atom. The summed E-state index contributed by atoms with van der Waals surface area (Å²) in [5, 5.41) is 8.91. The molecule has 0 bridgehead atoms. The van der Waals surface area contributed by atoms with Crippen LogP contribution in [-0.4, -0.2) is 5.11 Å². The van der Waals surface area contributed by atoms with Crippen molar-refractivity contribution in [3.63, 3.8) is 0 Å². The third kappa shape index (κ3) is 1.63. The monoisotopic (exact) mass is 154 g/mol. The topological polar surface area (TPSA) is 33.4 Å². The molecular formula is C9H14O2. The van der Waals surface area contributed by atoms with Gasteiger partial charge >= 0.3 is 0 Å². The molecule has 11 heavy (non-hydrogen) atoms. The van der Waals surface area contributed by atoms with Crippen LogP contribution in [0.4, 0.5) is 0 Å². The molecule has 0 aliphatic heterocycles. The first kappa shape index (κ1) is 8.34. The zero-order chi connectivity index (χ0) is 8.48. The van der Waals surface area contributed by atoms with Crippen LogP contribution in [0.3, 0.4) is 0 Å². The standard InChI is InChI=1S/C9H14O2/c1-9(2,3)8-7(6-10)4-5-11-8/h4-5,10H,6H2,1-3H3. The van der Waals surface area contributed by atoms with Crippen LogP contribution < -0.4 is 0 Å². The van der Waals surface area contributed by atoms with Gasteiger partial charge in [-0.1, -0.05) is 20.8 Å². The van der Waals surface area contributed by atoms with E-state index in [1.54, 1.807) is 12.3 Å². The summed E-state index contributed by atoms with van der Waals surface area (Å²) in [6.07, 6.45) is 1.62. The Kier molecular flexibility index (Phi) is 2.05. The number of furan rings is 1. The van der Waals surface area contributed by atoms with Gasteiger partial charge < -0.3 is 9.52 Å². The molecule has 0 aliphatic carbocycles. The van der Waals surface area contributed by atoms with Gasteiger partial charge in [-0.05, 0) is 6.07 Å². The summed E-state index contributed by atoms with van der Waals surface area (Å²) >= 11 is 0. The van der Waals surface area contributed by atoms with Crippen molar-refractivity contribution in [3.8, 4) is 0 Å². The number of hydrogen-bond acceptors (Lipinski definition) is 2. The molecular weight excluding hydrogens is 140 g/mol. The minimum absolute atomic E-state index is 0.0123. The third-order valence-corrected chi connectivity index (χ3v) is 1.60. The highest BCUT2D eigenvalue weighted by atomic mass is 16.3. The molecule has 1 rings (SSSR count). The lowest BCUT2D eigenvalue weighted by atomic mass is 9.91. The van der Waals surface area contributed by atoms with Gasteiger partial charge in [-0.15, -0.1) is 0 Å². The van der Waals surface area contributed by atoms with E-state index in [0.29, 0.717) is 0 Å². The predicted molar refractivity (Wildman–Crippen MR) is 43.3 cm³/mol. The van der Waals surface area contributed by atoms with Gasteiger partial charge in [-0.2, -0.15) is 0 Å². The maximum absolute atomic E-state index is 8.91.